The highest BCUT2D eigenvalue weighted by Gasteiger charge is 2.18. The number of ether oxygens (including phenoxy) is 1. The maximum atomic E-state index is 9.17. The second-order valence-corrected chi connectivity index (χ2v) is 4.70. The Labute approximate surface area is 94.0 Å². The van der Waals surface area contributed by atoms with Crippen molar-refractivity contribution >= 4 is 0 Å². The van der Waals surface area contributed by atoms with Gasteiger partial charge >= 0.3 is 0 Å². The Balaban J connectivity index is 2.25. The average molecular weight is 214 g/mol. The zero-order valence-corrected chi connectivity index (χ0v) is 10.1. The van der Waals surface area contributed by atoms with Gasteiger partial charge in [-0.25, -0.2) is 0 Å². The Morgan fingerprint density at radius 3 is 2.47 bits per heavy atom. The first-order valence-corrected chi connectivity index (χ1v) is 6.63. The number of rotatable bonds is 5. The first-order valence-electron chi connectivity index (χ1n) is 6.63. The van der Waals surface area contributed by atoms with E-state index >= 15 is 0 Å². The van der Waals surface area contributed by atoms with Gasteiger partial charge in [-0.05, 0) is 19.3 Å². The lowest BCUT2D eigenvalue weighted by atomic mass is 10.0. The van der Waals surface area contributed by atoms with Gasteiger partial charge < -0.3 is 9.84 Å². The first-order chi connectivity index (χ1) is 7.36. The molecule has 0 aliphatic carbocycles. The normalized spacial score (nSPS) is 28.4. The molecule has 1 fully saturated rings. The van der Waals surface area contributed by atoms with Crippen LogP contribution in [0.3, 0.4) is 0 Å². The molecule has 0 aromatic carbocycles. The molecule has 0 radical (unpaired) electrons. The lowest BCUT2D eigenvalue weighted by Crippen LogP contribution is -2.27. The van der Waals surface area contributed by atoms with Crippen molar-refractivity contribution in [1.29, 1.82) is 0 Å². The summed E-state index contributed by atoms with van der Waals surface area (Å²) in [5, 5.41) is 9.17. The standard InChI is InChI=1S/C13H26O2/c1-2-3-5-8-12-9-6-4-7-10-13(11-14)15-12/h12-14H,2-11H2,1H3/t12-,13+/m0/s1. The molecule has 0 saturated carbocycles. The molecule has 1 aliphatic rings. The van der Waals surface area contributed by atoms with E-state index in [2.05, 4.69) is 6.92 Å². The number of hydrogen-bond donors (Lipinski definition) is 1. The fourth-order valence-electron chi connectivity index (χ4n) is 2.30. The summed E-state index contributed by atoms with van der Waals surface area (Å²) in [5.74, 6) is 0. The van der Waals surface area contributed by atoms with Gasteiger partial charge in [0.05, 0.1) is 18.8 Å². The maximum Gasteiger partial charge on any atom is 0.0809 e. The lowest BCUT2D eigenvalue weighted by Gasteiger charge is -2.26. The van der Waals surface area contributed by atoms with Crippen molar-refractivity contribution in [2.75, 3.05) is 6.61 Å². The van der Waals surface area contributed by atoms with Crippen LogP contribution in [0.1, 0.15) is 64.7 Å². The van der Waals surface area contributed by atoms with Gasteiger partial charge in [0, 0.05) is 0 Å². The first kappa shape index (κ1) is 13.0. The Kier molecular flexibility index (Phi) is 7.03. The van der Waals surface area contributed by atoms with Crippen molar-refractivity contribution in [2.45, 2.75) is 76.9 Å². The fourth-order valence-corrected chi connectivity index (χ4v) is 2.30. The third-order valence-corrected chi connectivity index (χ3v) is 3.27. The van der Waals surface area contributed by atoms with E-state index in [0.29, 0.717) is 6.10 Å². The molecule has 0 unspecified atom stereocenters. The second-order valence-electron chi connectivity index (χ2n) is 4.70. The smallest absolute Gasteiger partial charge is 0.0809 e. The molecule has 2 atom stereocenters. The number of aliphatic hydroxyl groups is 1. The van der Waals surface area contributed by atoms with Gasteiger partial charge in [-0.1, -0.05) is 45.4 Å². The average Bonchev–Trinajstić information content (AvgIpc) is 2.21. The zero-order valence-electron chi connectivity index (χ0n) is 10.1. The van der Waals surface area contributed by atoms with Crippen LogP contribution in [0.25, 0.3) is 0 Å². The number of unbranched alkanes of at least 4 members (excludes halogenated alkanes) is 2. The summed E-state index contributed by atoms with van der Waals surface area (Å²) in [6, 6.07) is 0. The van der Waals surface area contributed by atoms with Crippen molar-refractivity contribution in [1.82, 2.24) is 0 Å². The summed E-state index contributed by atoms with van der Waals surface area (Å²) in [6.45, 7) is 2.43. The quantitative estimate of drug-likeness (QED) is 0.712. The Bertz CT molecular complexity index is 147. The Morgan fingerprint density at radius 1 is 1.07 bits per heavy atom. The Morgan fingerprint density at radius 2 is 1.80 bits per heavy atom. The molecule has 15 heavy (non-hydrogen) atoms. The lowest BCUT2D eigenvalue weighted by molar-refractivity contribution is -0.0574. The molecule has 0 amide bonds. The van der Waals surface area contributed by atoms with Gasteiger partial charge in [0.1, 0.15) is 0 Å². The number of aliphatic hydroxyl groups excluding tert-OH is 1. The van der Waals surface area contributed by atoms with Crippen LogP contribution in [0.2, 0.25) is 0 Å². The van der Waals surface area contributed by atoms with Crippen molar-refractivity contribution in [3.8, 4) is 0 Å². The highest BCUT2D eigenvalue weighted by molar-refractivity contribution is 4.67. The molecule has 1 heterocycles. The zero-order chi connectivity index (χ0) is 10.9. The minimum absolute atomic E-state index is 0.108. The largest absolute Gasteiger partial charge is 0.394 e. The van der Waals surface area contributed by atoms with Crippen LogP contribution in [0.5, 0.6) is 0 Å². The van der Waals surface area contributed by atoms with Crippen LogP contribution in [0.4, 0.5) is 0 Å². The molecule has 1 saturated heterocycles. The molecule has 1 rings (SSSR count). The molecule has 1 aliphatic heterocycles. The van der Waals surface area contributed by atoms with Crippen LogP contribution in [-0.4, -0.2) is 23.9 Å². The van der Waals surface area contributed by atoms with Gasteiger partial charge in [0.2, 0.25) is 0 Å². The maximum absolute atomic E-state index is 9.17. The van der Waals surface area contributed by atoms with Gasteiger partial charge in [-0.3, -0.25) is 0 Å². The minimum Gasteiger partial charge on any atom is -0.394 e. The van der Waals surface area contributed by atoms with E-state index in [-0.39, 0.29) is 12.7 Å². The topological polar surface area (TPSA) is 29.5 Å². The predicted octanol–water partition coefficient (Wildman–Crippen LogP) is 3.28. The molecule has 2 nitrogen and oxygen atoms in total. The summed E-state index contributed by atoms with van der Waals surface area (Å²) >= 11 is 0. The highest BCUT2D eigenvalue weighted by Crippen LogP contribution is 2.21. The van der Waals surface area contributed by atoms with Crippen LogP contribution in [-0.2, 0) is 4.74 Å². The second kappa shape index (κ2) is 8.12. The molecule has 90 valence electrons. The van der Waals surface area contributed by atoms with Crippen LogP contribution in [0, 0.1) is 0 Å². The van der Waals surface area contributed by atoms with Crippen LogP contribution >= 0.6 is 0 Å². The van der Waals surface area contributed by atoms with E-state index in [1.165, 1.54) is 51.4 Å². The molecule has 0 spiro atoms. The molecular formula is C13H26O2. The number of hydrogen-bond acceptors (Lipinski definition) is 2. The van der Waals surface area contributed by atoms with E-state index < -0.39 is 0 Å². The summed E-state index contributed by atoms with van der Waals surface area (Å²) in [5.41, 5.74) is 0. The molecule has 1 N–H and O–H groups in total. The minimum atomic E-state index is 0.108. The summed E-state index contributed by atoms with van der Waals surface area (Å²) < 4.78 is 5.94. The summed E-state index contributed by atoms with van der Waals surface area (Å²) in [4.78, 5) is 0. The third-order valence-electron chi connectivity index (χ3n) is 3.27. The molecule has 0 aromatic heterocycles. The third kappa shape index (κ3) is 5.53. The van der Waals surface area contributed by atoms with E-state index in [1.807, 2.05) is 0 Å². The van der Waals surface area contributed by atoms with Gasteiger partial charge in [0.15, 0.2) is 0 Å². The molecular weight excluding hydrogens is 188 g/mol. The van der Waals surface area contributed by atoms with E-state index in [0.717, 1.165) is 6.42 Å². The van der Waals surface area contributed by atoms with Gasteiger partial charge in [-0.2, -0.15) is 0 Å². The molecule has 0 aromatic rings. The van der Waals surface area contributed by atoms with Crippen molar-refractivity contribution < 1.29 is 9.84 Å². The van der Waals surface area contributed by atoms with E-state index in [4.69, 9.17) is 4.74 Å². The van der Waals surface area contributed by atoms with Crippen LogP contribution < -0.4 is 0 Å². The SMILES string of the molecule is CCCCC[C@H]1CCCCC[C@H](CO)O1. The molecule has 0 bridgehead atoms. The summed E-state index contributed by atoms with van der Waals surface area (Å²) in [6.07, 6.45) is 11.6. The van der Waals surface area contributed by atoms with E-state index in [1.54, 1.807) is 0 Å². The van der Waals surface area contributed by atoms with Gasteiger partial charge in [-0.15, -0.1) is 0 Å². The Hall–Kier alpha value is -0.0800. The van der Waals surface area contributed by atoms with Gasteiger partial charge in [0.25, 0.3) is 0 Å². The predicted molar refractivity (Wildman–Crippen MR) is 63.0 cm³/mol. The van der Waals surface area contributed by atoms with Crippen LogP contribution in [0.15, 0.2) is 0 Å². The highest BCUT2D eigenvalue weighted by atomic mass is 16.5. The monoisotopic (exact) mass is 214 g/mol. The fraction of sp³-hybridized carbons (Fsp3) is 1.00. The van der Waals surface area contributed by atoms with Crippen molar-refractivity contribution in [2.24, 2.45) is 0 Å². The molecule has 2 heteroatoms. The van der Waals surface area contributed by atoms with Crippen molar-refractivity contribution in [3.63, 3.8) is 0 Å². The van der Waals surface area contributed by atoms with E-state index in [9.17, 15) is 5.11 Å². The summed E-state index contributed by atoms with van der Waals surface area (Å²) in [7, 11) is 0. The van der Waals surface area contributed by atoms with Crippen molar-refractivity contribution in [3.05, 3.63) is 0 Å².